The lowest BCUT2D eigenvalue weighted by atomic mass is 10.2. The molecule has 1 unspecified atom stereocenters. The molecule has 7 nitrogen and oxygen atoms in total. The Hall–Kier alpha value is -1.48. The Morgan fingerprint density at radius 3 is 2.70 bits per heavy atom. The van der Waals surface area contributed by atoms with Crippen molar-refractivity contribution in [2.24, 2.45) is 0 Å². The largest absolute Gasteiger partial charge is 0.385 e. The summed E-state index contributed by atoms with van der Waals surface area (Å²) in [6.07, 6.45) is 1.78. The van der Waals surface area contributed by atoms with Gasteiger partial charge >= 0.3 is 0 Å². The standard InChI is InChI=1S/C15H22N2O5S/c1-21-10-3-9-16-23(19,20)13-7-5-12(6-8-13)17-15(18)14-4-2-11-22-14/h5-8,14,16H,2-4,9-11H2,1H3,(H,17,18). The van der Waals surface area contributed by atoms with Gasteiger partial charge < -0.3 is 14.8 Å². The molecule has 1 heterocycles. The van der Waals surface area contributed by atoms with Gasteiger partial charge in [-0.25, -0.2) is 13.1 Å². The Kier molecular flexibility index (Phi) is 6.52. The fourth-order valence-electron chi connectivity index (χ4n) is 2.23. The molecular weight excluding hydrogens is 320 g/mol. The maximum atomic E-state index is 12.1. The minimum absolute atomic E-state index is 0.157. The minimum atomic E-state index is -3.54. The Morgan fingerprint density at radius 2 is 2.09 bits per heavy atom. The topological polar surface area (TPSA) is 93.7 Å². The number of benzene rings is 1. The van der Waals surface area contributed by atoms with E-state index in [4.69, 9.17) is 9.47 Å². The maximum absolute atomic E-state index is 12.1. The van der Waals surface area contributed by atoms with Crippen molar-refractivity contribution in [3.63, 3.8) is 0 Å². The zero-order valence-electron chi connectivity index (χ0n) is 13.1. The van der Waals surface area contributed by atoms with Crippen LogP contribution in [0.2, 0.25) is 0 Å². The van der Waals surface area contributed by atoms with E-state index in [1.54, 1.807) is 19.2 Å². The van der Waals surface area contributed by atoms with E-state index in [9.17, 15) is 13.2 Å². The molecule has 0 bridgehead atoms. The van der Waals surface area contributed by atoms with Crippen molar-refractivity contribution in [2.75, 3.05) is 32.2 Å². The highest BCUT2D eigenvalue weighted by molar-refractivity contribution is 7.89. The minimum Gasteiger partial charge on any atom is -0.385 e. The molecular formula is C15H22N2O5S. The van der Waals surface area contributed by atoms with Gasteiger partial charge in [-0.05, 0) is 43.5 Å². The first-order valence-corrected chi connectivity index (χ1v) is 9.02. The van der Waals surface area contributed by atoms with Gasteiger partial charge in [-0.2, -0.15) is 0 Å². The fraction of sp³-hybridized carbons (Fsp3) is 0.533. The van der Waals surface area contributed by atoms with Crippen LogP contribution in [0.15, 0.2) is 29.2 Å². The number of rotatable bonds is 8. The molecule has 23 heavy (non-hydrogen) atoms. The van der Waals surface area contributed by atoms with E-state index in [1.165, 1.54) is 12.1 Å². The van der Waals surface area contributed by atoms with Gasteiger partial charge in [-0.3, -0.25) is 4.79 Å². The molecule has 2 rings (SSSR count). The molecule has 2 N–H and O–H groups in total. The van der Waals surface area contributed by atoms with Crippen molar-refractivity contribution in [3.05, 3.63) is 24.3 Å². The van der Waals surface area contributed by atoms with Crippen LogP contribution in [-0.4, -0.2) is 47.3 Å². The Balaban J connectivity index is 1.91. The van der Waals surface area contributed by atoms with Crippen molar-refractivity contribution in [3.8, 4) is 0 Å². The van der Waals surface area contributed by atoms with E-state index in [0.29, 0.717) is 38.3 Å². The van der Waals surface area contributed by atoms with Crippen molar-refractivity contribution < 1.29 is 22.7 Å². The van der Waals surface area contributed by atoms with Gasteiger partial charge in [-0.15, -0.1) is 0 Å². The number of nitrogens with one attached hydrogen (secondary N) is 2. The van der Waals surface area contributed by atoms with Gasteiger partial charge in [0.25, 0.3) is 5.91 Å². The fourth-order valence-corrected chi connectivity index (χ4v) is 3.31. The highest BCUT2D eigenvalue weighted by atomic mass is 32.2. The van der Waals surface area contributed by atoms with Gasteiger partial charge in [0.1, 0.15) is 6.10 Å². The molecule has 128 valence electrons. The Labute approximate surface area is 136 Å². The second-order valence-electron chi connectivity index (χ2n) is 5.26. The van der Waals surface area contributed by atoms with Gasteiger partial charge in [0.05, 0.1) is 4.90 Å². The molecule has 1 aliphatic rings. The number of ether oxygens (including phenoxy) is 2. The maximum Gasteiger partial charge on any atom is 0.253 e. The lowest BCUT2D eigenvalue weighted by molar-refractivity contribution is -0.124. The summed E-state index contributed by atoms with van der Waals surface area (Å²) < 4.78 is 36.8. The highest BCUT2D eigenvalue weighted by Crippen LogP contribution is 2.17. The van der Waals surface area contributed by atoms with Crippen molar-refractivity contribution >= 4 is 21.6 Å². The predicted molar refractivity (Wildman–Crippen MR) is 85.7 cm³/mol. The second kappa shape index (κ2) is 8.39. The molecule has 1 atom stereocenters. The van der Waals surface area contributed by atoms with Crippen molar-refractivity contribution in [1.29, 1.82) is 0 Å². The lowest BCUT2D eigenvalue weighted by Crippen LogP contribution is -2.27. The summed E-state index contributed by atoms with van der Waals surface area (Å²) in [7, 11) is -1.98. The molecule has 1 fully saturated rings. The second-order valence-corrected chi connectivity index (χ2v) is 7.03. The number of carbonyl (C=O) groups is 1. The van der Waals surface area contributed by atoms with E-state index >= 15 is 0 Å². The van der Waals surface area contributed by atoms with Crippen molar-refractivity contribution in [2.45, 2.75) is 30.3 Å². The van der Waals surface area contributed by atoms with Crippen LogP contribution in [0.3, 0.4) is 0 Å². The molecule has 0 radical (unpaired) electrons. The summed E-state index contributed by atoms with van der Waals surface area (Å²) in [6.45, 7) is 1.41. The number of hydrogen-bond acceptors (Lipinski definition) is 5. The summed E-state index contributed by atoms with van der Waals surface area (Å²) in [5.41, 5.74) is 0.545. The molecule has 8 heteroatoms. The van der Waals surface area contributed by atoms with E-state index in [0.717, 1.165) is 6.42 Å². The van der Waals surface area contributed by atoms with Crippen LogP contribution in [0, 0.1) is 0 Å². The third-order valence-corrected chi connectivity index (χ3v) is 4.95. The number of amides is 1. The van der Waals surface area contributed by atoms with Gasteiger partial charge in [0.2, 0.25) is 10.0 Å². The van der Waals surface area contributed by atoms with Crippen molar-refractivity contribution in [1.82, 2.24) is 4.72 Å². The van der Waals surface area contributed by atoms with E-state index in [2.05, 4.69) is 10.0 Å². The van der Waals surface area contributed by atoms with Gasteiger partial charge in [0, 0.05) is 32.6 Å². The van der Waals surface area contributed by atoms with E-state index in [-0.39, 0.29) is 10.8 Å². The number of sulfonamides is 1. The molecule has 0 spiro atoms. The van der Waals surface area contributed by atoms with E-state index in [1.807, 2.05) is 0 Å². The summed E-state index contributed by atoms with van der Waals surface area (Å²) in [6, 6.07) is 6.06. The van der Waals surface area contributed by atoms with E-state index < -0.39 is 16.1 Å². The molecule has 0 saturated carbocycles. The smallest absolute Gasteiger partial charge is 0.253 e. The third-order valence-electron chi connectivity index (χ3n) is 3.47. The summed E-state index contributed by atoms with van der Waals surface area (Å²) in [4.78, 5) is 12.1. The molecule has 0 aromatic heterocycles. The number of hydrogen-bond donors (Lipinski definition) is 2. The van der Waals surface area contributed by atoms with Crippen LogP contribution in [0.1, 0.15) is 19.3 Å². The average molecular weight is 342 g/mol. The molecule has 1 aliphatic heterocycles. The first-order valence-electron chi connectivity index (χ1n) is 7.54. The van der Waals surface area contributed by atoms with Gasteiger partial charge in [-0.1, -0.05) is 0 Å². The quantitative estimate of drug-likeness (QED) is 0.691. The third kappa shape index (κ3) is 5.28. The Morgan fingerprint density at radius 1 is 1.35 bits per heavy atom. The number of carbonyl (C=O) groups excluding carboxylic acids is 1. The molecule has 1 aromatic rings. The molecule has 1 amide bonds. The number of anilines is 1. The molecule has 1 saturated heterocycles. The zero-order chi connectivity index (χ0) is 16.7. The van der Waals surface area contributed by atoms with Crippen LogP contribution in [0.5, 0.6) is 0 Å². The van der Waals surface area contributed by atoms with Crippen LogP contribution >= 0.6 is 0 Å². The Bertz CT molecular complexity index is 609. The molecule has 1 aromatic carbocycles. The lowest BCUT2D eigenvalue weighted by Gasteiger charge is -2.11. The monoisotopic (exact) mass is 342 g/mol. The first kappa shape index (κ1) is 17.9. The SMILES string of the molecule is COCCCNS(=O)(=O)c1ccc(NC(=O)C2CCCO2)cc1. The average Bonchev–Trinajstić information content (AvgIpc) is 3.07. The first-order chi connectivity index (χ1) is 11.0. The zero-order valence-corrected chi connectivity index (χ0v) is 13.9. The van der Waals surface area contributed by atoms with Crippen LogP contribution < -0.4 is 10.0 Å². The van der Waals surface area contributed by atoms with Crippen LogP contribution in [-0.2, 0) is 24.3 Å². The van der Waals surface area contributed by atoms with Crippen LogP contribution in [0.4, 0.5) is 5.69 Å². The summed E-state index contributed by atoms with van der Waals surface area (Å²) in [5.74, 6) is -0.198. The highest BCUT2D eigenvalue weighted by Gasteiger charge is 2.23. The predicted octanol–water partition coefficient (Wildman–Crippen LogP) is 1.12. The summed E-state index contributed by atoms with van der Waals surface area (Å²) in [5, 5.41) is 2.73. The summed E-state index contributed by atoms with van der Waals surface area (Å²) >= 11 is 0. The van der Waals surface area contributed by atoms with Crippen LogP contribution in [0.25, 0.3) is 0 Å². The van der Waals surface area contributed by atoms with Gasteiger partial charge in [0.15, 0.2) is 0 Å². The normalized spacial score (nSPS) is 18.0. The number of methoxy groups -OCH3 is 1. The molecule has 0 aliphatic carbocycles.